The lowest BCUT2D eigenvalue weighted by atomic mass is 9.98. The van der Waals surface area contributed by atoms with Crippen LogP contribution in [0.3, 0.4) is 0 Å². The molecule has 5 heteroatoms. The second-order valence-electron chi connectivity index (χ2n) is 4.74. The number of rotatable bonds is 2. The third kappa shape index (κ3) is 2.38. The molecule has 1 aromatic heterocycles. The van der Waals surface area contributed by atoms with Crippen LogP contribution in [0.2, 0.25) is 0 Å². The number of halogens is 2. The average molecular weight is 286 g/mol. The molecule has 3 aromatic rings. The first-order valence-corrected chi connectivity index (χ1v) is 6.34. The largest absolute Gasteiger partial charge is 0.367 e. The molecule has 1 heterocycles. The highest BCUT2D eigenvalue weighted by molar-refractivity contribution is 5.87. The summed E-state index contributed by atoms with van der Waals surface area (Å²) in [6.07, 6.45) is 0. The Balaban J connectivity index is 2.24. The topological polar surface area (TPSA) is 52.0 Å². The van der Waals surface area contributed by atoms with Gasteiger partial charge in [0.05, 0.1) is 5.56 Å². The van der Waals surface area contributed by atoms with E-state index in [4.69, 9.17) is 10.3 Å². The maximum atomic E-state index is 13.5. The second kappa shape index (κ2) is 5.01. The first kappa shape index (κ1) is 13.3. The van der Waals surface area contributed by atoms with Gasteiger partial charge in [0.2, 0.25) is 5.88 Å². The molecule has 0 bridgehead atoms. The van der Waals surface area contributed by atoms with Crippen LogP contribution in [0.1, 0.15) is 5.56 Å². The lowest BCUT2D eigenvalue weighted by Gasteiger charge is -2.06. The van der Waals surface area contributed by atoms with E-state index in [1.807, 2.05) is 6.92 Å². The van der Waals surface area contributed by atoms with Crippen LogP contribution >= 0.6 is 0 Å². The van der Waals surface area contributed by atoms with Crippen molar-refractivity contribution in [3.63, 3.8) is 0 Å². The molecule has 0 saturated heterocycles. The Bertz CT molecular complexity index is 812. The van der Waals surface area contributed by atoms with Gasteiger partial charge in [0.25, 0.3) is 0 Å². The fraction of sp³-hybridized carbons (Fsp3) is 0.0625. The van der Waals surface area contributed by atoms with Crippen LogP contribution in [0.5, 0.6) is 0 Å². The van der Waals surface area contributed by atoms with Gasteiger partial charge in [-0.2, -0.15) is 0 Å². The minimum atomic E-state index is -0.394. The SMILES string of the molecule is Cc1ccc(F)cc1-c1noc(N)c1-c1cccc(F)c1. The van der Waals surface area contributed by atoms with Crippen molar-refractivity contribution < 1.29 is 13.3 Å². The molecular formula is C16H12F2N2O. The maximum Gasteiger partial charge on any atom is 0.230 e. The molecule has 3 rings (SSSR count). The number of hydrogen-bond donors (Lipinski definition) is 1. The zero-order valence-electron chi connectivity index (χ0n) is 11.2. The van der Waals surface area contributed by atoms with Gasteiger partial charge in [0.1, 0.15) is 17.3 Å². The quantitative estimate of drug-likeness (QED) is 0.769. The smallest absolute Gasteiger partial charge is 0.230 e. The number of anilines is 1. The van der Waals surface area contributed by atoms with Crippen LogP contribution in [0.15, 0.2) is 47.0 Å². The molecule has 0 atom stereocenters. The zero-order valence-corrected chi connectivity index (χ0v) is 11.2. The van der Waals surface area contributed by atoms with Crippen molar-refractivity contribution in [2.24, 2.45) is 0 Å². The number of benzene rings is 2. The molecule has 0 aliphatic carbocycles. The van der Waals surface area contributed by atoms with Gasteiger partial charge in [-0.1, -0.05) is 23.4 Å². The maximum absolute atomic E-state index is 13.5. The Morgan fingerprint density at radius 3 is 2.57 bits per heavy atom. The van der Waals surface area contributed by atoms with Crippen LogP contribution in [0.4, 0.5) is 14.7 Å². The standard InChI is InChI=1S/C16H12F2N2O/c1-9-5-6-12(18)8-13(9)15-14(16(19)21-20-15)10-3-2-4-11(17)7-10/h2-8H,19H2,1H3. The van der Waals surface area contributed by atoms with Gasteiger partial charge < -0.3 is 10.3 Å². The van der Waals surface area contributed by atoms with Crippen LogP contribution in [-0.2, 0) is 0 Å². The predicted octanol–water partition coefficient (Wildman–Crippen LogP) is 4.18. The first-order valence-electron chi connectivity index (χ1n) is 6.34. The molecule has 2 N–H and O–H groups in total. The average Bonchev–Trinajstić information content (AvgIpc) is 2.83. The Hall–Kier alpha value is -2.69. The van der Waals surface area contributed by atoms with Crippen molar-refractivity contribution in [2.45, 2.75) is 6.92 Å². The van der Waals surface area contributed by atoms with E-state index < -0.39 is 5.82 Å². The second-order valence-corrected chi connectivity index (χ2v) is 4.74. The van der Waals surface area contributed by atoms with Gasteiger partial charge in [0, 0.05) is 5.56 Å². The van der Waals surface area contributed by atoms with Gasteiger partial charge in [-0.05, 0) is 42.3 Å². The van der Waals surface area contributed by atoms with E-state index in [9.17, 15) is 8.78 Å². The van der Waals surface area contributed by atoms with Crippen LogP contribution in [0, 0.1) is 18.6 Å². The minimum Gasteiger partial charge on any atom is -0.367 e. The third-order valence-electron chi connectivity index (χ3n) is 3.29. The van der Waals surface area contributed by atoms with Gasteiger partial charge in [-0.3, -0.25) is 0 Å². The monoisotopic (exact) mass is 286 g/mol. The first-order chi connectivity index (χ1) is 10.1. The van der Waals surface area contributed by atoms with Gasteiger partial charge >= 0.3 is 0 Å². The molecule has 0 fully saturated rings. The van der Waals surface area contributed by atoms with Crippen molar-refractivity contribution in [2.75, 3.05) is 5.73 Å². The van der Waals surface area contributed by atoms with Crippen LogP contribution < -0.4 is 5.73 Å². The van der Waals surface area contributed by atoms with Crippen molar-refractivity contribution in [1.82, 2.24) is 5.16 Å². The summed E-state index contributed by atoms with van der Waals surface area (Å²) in [6, 6.07) is 10.3. The molecular weight excluding hydrogens is 274 g/mol. The lowest BCUT2D eigenvalue weighted by Crippen LogP contribution is -1.91. The van der Waals surface area contributed by atoms with E-state index in [-0.39, 0.29) is 11.7 Å². The summed E-state index contributed by atoms with van der Waals surface area (Å²) in [7, 11) is 0. The highest BCUT2D eigenvalue weighted by Gasteiger charge is 2.19. The summed E-state index contributed by atoms with van der Waals surface area (Å²) in [5, 5.41) is 3.90. The van der Waals surface area contributed by atoms with E-state index in [0.29, 0.717) is 22.4 Å². The molecule has 106 valence electrons. The van der Waals surface area contributed by atoms with Crippen LogP contribution in [0.25, 0.3) is 22.4 Å². The fourth-order valence-electron chi connectivity index (χ4n) is 2.26. The molecule has 0 unspecified atom stereocenters. The number of hydrogen-bond acceptors (Lipinski definition) is 3. The lowest BCUT2D eigenvalue weighted by molar-refractivity contribution is 0.439. The molecule has 0 radical (unpaired) electrons. The van der Waals surface area contributed by atoms with Crippen molar-refractivity contribution in [3.8, 4) is 22.4 Å². The molecule has 2 aromatic carbocycles. The molecule has 0 aliphatic heterocycles. The normalized spacial score (nSPS) is 10.8. The summed E-state index contributed by atoms with van der Waals surface area (Å²) >= 11 is 0. The third-order valence-corrected chi connectivity index (χ3v) is 3.29. The van der Waals surface area contributed by atoms with E-state index in [1.54, 1.807) is 18.2 Å². The zero-order chi connectivity index (χ0) is 15.0. The van der Waals surface area contributed by atoms with E-state index in [1.165, 1.54) is 24.3 Å². The fourth-order valence-corrected chi connectivity index (χ4v) is 2.26. The van der Waals surface area contributed by atoms with Gasteiger partial charge in [-0.15, -0.1) is 0 Å². The van der Waals surface area contributed by atoms with Crippen molar-refractivity contribution in [3.05, 3.63) is 59.7 Å². The Morgan fingerprint density at radius 2 is 1.81 bits per heavy atom. The van der Waals surface area contributed by atoms with Crippen molar-refractivity contribution in [1.29, 1.82) is 0 Å². The Kier molecular flexibility index (Phi) is 3.17. The van der Waals surface area contributed by atoms with Crippen LogP contribution in [-0.4, -0.2) is 5.16 Å². The molecule has 0 spiro atoms. The molecule has 0 aliphatic rings. The number of nitrogens with two attached hydrogens (primary N) is 1. The summed E-state index contributed by atoms with van der Waals surface area (Å²) < 4.78 is 31.9. The summed E-state index contributed by atoms with van der Waals surface area (Å²) in [6.45, 7) is 1.83. The molecule has 0 amide bonds. The number of nitrogen functional groups attached to an aromatic ring is 1. The Labute approximate surface area is 120 Å². The van der Waals surface area contributed by atoms with E-state index in [2.05, 4.69) is 5.16 Å². The number of nitrogens with zero attached hydrogens (tertiary/aromatic N) is 1. The Morgan fingerprint density at radius 1 is 1.05 bits per heavy atom. The minimum absolute atomic E-state index is 0.0688. The summed E-state index contributed by atoms with van der Waals surface area (Å²) in [4.78, 5) is 0. The summed E-state index contributed by atoms with van der Waals surface area (Å²) in [5.41, 5.74) is 8.58. The van der Waals surface area contributed by atoms with E-state index in [0.717, 1.165) is 5.56 Å². The molecule has 3 nitrogen and oxygen atoms in total. The number of aryl methyl sites for hydroxylation is 1. The highest BCUT2D eigenvalue weighted by Crippen LogP contribution is 2.37. The number of aromatic nitrogens is 1. The van der Waals surface area contributed by atoms with E-state index >= 15 is 0 Å². The summed E-state index contributed by atoms with van der Waals surface area (Å²) in [5.74, 6) is -0.711. The highest BCUT2D eigenvalue weighted by atomic mass is 19.1. The predicted molar refractivity (Wildman–Crippen MR) is 76.4 cm³/mol. The molecule has 0 saturated carbocycles. The molecule has 21 heavy (non-hydrogen) atoms. The van der Waals surface area contributed by atoms with Crippen molar-refractivity contribution >= 4 is 5.88 Å². The van der Waals surface area contributed by atoms with Gasteiger partial charge in [-0.25, -0.2) is 8.78 Å². The van der Waals surface area contributed by atoms with Gasteiger partial charge in [0.15, 0.2) is 0 Å².